The number of hydrogen-bond donors (Lipinski definition) is 2. The first kappa shape index (κ1) is 22.7. The molecule has 13 nitrogen and oxygen atoms in total. The lowest BCUT2D eigenvalue weighted by Crippen LogP contribution is -2.52. The van der Waals surface area contributed by atoms with Crippen LogP contribution < -0.4 is 15.1 Å². The van der Waals surface area contributed by atoms with Gasteiger partial charge >= 0.3 is 0 Å². The van der Waals surface area contributed by atoms with Crippen molar-refractivity contribution in [1.82, 2.24) is 15.4 Å². The number of pyridine rings is 1. The fourth-order valence-corrected chi connectivity index (χ4v) is 3.33. The molecule has 32 heavy (non-hydrogen) atoms. The molecule has 170 valence electrons. The van der Waals surface area contributed by atoms with Crippen LogP contribution in [0.25, 0.3) is 0 Å². The Balaban J connectivity index is 1.81. The molecule has 0 saturated carbocycles. The molecule has 1 aromatic carbocycles. The smallest absolute Gasteiger partial charge is 0.278 e. The van der Waals surface area contributed by atoms with Gasteiger partial charge in [-0.2, -0.15) is 0 Å². The van der Waals surface area contributed by atoms with E-state index in [1.165, 1.54) is 19.2 Å². The highest BCUT2D eigenvalue weighted by Crippen LogP contribution is 2.30. The summed E-state index contributed by atoms with van der Waals surface area (Å²) in [4.78, 5) is 33.4. The van der Waals surface area contributed by atoms with Crippen molar-refractivity contribution in [1.29, 1.82) is 0 Å². The van der Waals surface area contributed by atoms with E-state index in [0.29, 0.717) is 43.4 Å². The molecule has 0 aliphatic carbocycles. The third kappa shape index (κ3) is 4.83. The average Bonchev–Trinajstić information content (AvgIpc) is 2.79. The van der Waals surface area contributed by atoms with Gasteiger partial charge < -0.3 is 14.5 Å². The van der Waals surface area contributed by atoms with E-state index in [-0.39, 0.29) is 17.3 Å². The van der Waals surface area contributed by atoms with E-state index < -0.39 is 9.85 Å². The molecule has 13 heteroatoms. The van der Waals surface area contributed by atoms with Crippen LogP contribution in [0.5, 0.6) is 5.88 Å². The van der Waals surface area contributed by atoms with E-state index in [9.17, 15) is 25.4 Å². The summed E-state index contributed by atoms with van der Waals surface area (Å²) in [6.07, 6.45) is 0. The minimum atomic E-state index is -0.655. The summed E-state index contributed by atoms with van der Waals surface area (Å²) in [6, 6.07) is 5.36. The van der Waals surface area contributed by atoms with Gasteiger partial charge in [0, 0.05) is 44.0 Å². The van der Waals surface area contributed by atoms with Crippen LogP contribution in [0.2, 0.25) is 0 Å². The van der Waals surface area contributed by atoms with Gasteiger partial charge in [0.25, 0.3) is 11.4 Å². The number of nitrogens with zero attached hydrogens (tertiary/aromatic N) is 6. The molecule has 0 spiro atoms. The first-order valence-electron chi connectivity index (χ1n) is 9.68. The number of piperazine rings is 1. The van der Waals surface area contributed by atoms with Gasteiger partial charge in [-0.1, -0.05) is 0 Å². The number of aliphatic imine (C=N–C) groups is 1. The first-order chi connectivity index (χ1) is 15.2. The lowest BCUT2D eigenvalue weighted by Gasteiger charge is -2.36. The van der Waals surface area contributed by atoms with Gasteiger partial charge in [-0.15, -0.1) is 0 Å². The number of methoxy groups -OCH3 is 1. The third-order valence-electron chi connectivity index (χ3n) is 5.19. The number of non-ortho nitro benzene ring substituents is 2. The van der Waals surface area contributed by atoms with Crippen LogP contribution in [0.15, 0.2) is 29.3 Å². The number of benzene rings is 1. The number of hydrogen-bond acceptors (Lipinski definition) is 9. The summed E-state index contributed by atoms with van der Waals surface area (Å²) in [5, 5.41) is 32.0. The second-order valence-corrected chi connectivity index (χ2v) is 7.16. The molecule has 1 fully saturated rings. The minimum absolute atomic E-state index is 0.193. The fraction of sp³-hybridized carbons (Fsp3) is 0.368. The maximum Gasteiger partial charge on any atom is 0.278 e. The van der Waals surface area contributed by atoms with Crippen molar-refractivity contribution in [3.05, 3.63) is 55.8 Å². The zero-order chi connectivity index (χ0) is 23.4. The van der Waals surface area contributed by atoms with Gasteiger partial charge in [0.2, 0.25) is 11.8 Å². The van der Waals surface area contributed by atoms with Crippen molar-refractivity contribution in [2.24, 2.45) is 4.99 Å². The molecule has 2 heterocycles. The predicted octanol–water partition coefficient (Wildman–Crippen LogP) is 2.31. The summed E-state index contributed by atoms with van der Waals surface area (Å²) in [7, 11) is 1.49. The topological polar surface area (TPSA) is 160 Å². The maximum absolute atomic E-state index is 11.2. The van der Waals surface area contributed by atoms with Crippen LogP contribution in [0.4, 0.5) is 22.7 Å². The van der Waals surface area contributed by atoms with Crippen LogP contribution in [0.3, 0.4) is 0 Å². The second kappa shape index (κ2) is 9.43. The lowest BCUT2D eigenvalue weighted by atomic mass is 10.2. The van der Waals surface area contributed by atoms with E-state index in [1.807, 2.05) is 18.7 Å². The summed E-state index contributed by atoms with van der Waals surface area (Å²) >= 11 is 0. The van der Waals surface area contributed by atoms with Crippen LogP contribution in [-0.4, -0.2) is 64.2 Å². The number of ether oxygens (including phenoxy) is 1. The number of guanidine groups is 1. The normalized spacial score (nSPS) is 14.3. The number of nitro groups is 2. The Morgan fingerprint density at radius 3 is 2.19 bits per heavy atom. The number of anilines is 1. The molecule has 2 aromatic rings. The number of aromatic nitrogens is 1. The van der Waals surface area contributed by atoms with Crippen molar-refractivity contribution in [2.75, 3.05) is 38.2 Å². The molecule has 3 rings (SSSR count). The quantitative estimate of drug-likeness (QED) is 0.302. The average molecular weight is 445 g/mol. The molecule has 0 radical (unpaired) electrons. The number of aryl methyl sites for hydroxylation is 2. The molecule has 0 unspecified atom stereocenters. The van der Waals surface area contributed by atoms with Crippen molar-refractivity contribution in [3.63, 3.8) is 0 Å². The summed E-state index contributed by atoms with van der Waals surface area (Å²) in [5.74, 6) is 0.515. The Morgan fingerprint density at radius 2 is 1.69 bits per heavy atom. The standard InChI is InChI=1S/C19H23N7O6/c1-12-8-17(18(32-3)20-13(12)2)21-19(22-27)24-6-4-23(5-7-24)14-9-15(25(28)29)11-16(10-14)26(30)31/h8-11,27H,4-7H2,1-3H3,(H,21,22). The number of nitro benzene ring substituents is 2. The van der Waals surface area contributed by atoms with Crippen molar-refractivity contribution < 1.29 is 19.8 Å². The molecule has 0 amide bonds. The number of hydroxylamine groups is 1. The van der Waals surface area contributed by atoms with Crippen molar-refractivity contribution in [2.45, 2.75) is 13.8 Å². The van der Waals surface area contributed by atoms with Gasteiger partial charge in [-0.05, 0) is 25.5 Å². The first-order valence-corrected chi connectivity index (χ1v) is 9.68. The third-order valence-corrected chi connectivity index (χ3v) is 5.19. The van der Waals surface area contributed by atoms with Crippen LogP contribution in [-0.2, 0) is 0 Å². The summed E-state index contributed by atoms with van der Waals surface area (Å²) in [5.41, 5.74) is 3.98. The zero-order valence-electron chi connectivity index (χ0n) is 17.8. The molecular weight excluding hydrogens is 422 g/mol. The van der Waals surface area contributed by atoms with Crippen LogP contribution in [0.1, 0.15) is 11.3 Å². The Bertz CT molecular complexity index is 1030. The highest BCUT2D eigenvalue weighted by molar-refractivity contribution is 5.83. The zero-order valence-corrected chi connectivity index (χ0v) is 17.8. The Kier molecular flexibility index (Phi) is 6.68. The predicted molar refractivity (Wildman–Crippen MR) is 116 cm³/mol. The number of nitrogens with one attached hydrogen (secondary N) is 1. The van der Waals surface area contributed by atoms with Crippen LogP contribution in [0, 0.1) is 34.1 Å². The van der Waals surface area contributed by atoms with Gasteiger partial charge in [0.1, 0.15) is 5.69 Å². The Labute approximate surface area is 183 Å². The largest absolute Gasteiger partial charge is 0.479 e. The Morgan fingerprint density at radius 1 is 1.09 bits per heavy atom. The maximum atomic E-state index is 11.2. The fourth-order valence-electron chi connectivity index (χ4n) is 3.33. The highest BCUT2D eigenvalue weighted by Gasteiger charge is 2.24. The summed E-state index contributed by atoms with van der Waals surface area (Å²) in [6.45, 7) is 5.37. The highest BCUT2D eigenvalue weighted by atomic mass is 16.6. The molecule has 1 aliphatic heterocycles. The molecule has 0 atom stereocenters. The minimum Gasteiger partial charge on any atom is -0.479 e. The van der Waals surface area contributed by atoms with Gasteiger partial charge in [0.15, 0.2) is 0 Å². The second-order valence-electron chi connectivity index (χ2n) is 7.16. The molecule has 1 aromatic heterocycles. The van der Waals surface area contributed by atoms with Gasteiger partial charge in [-0.25, -0.2) is 15.5 Å². The van der Waals surface area contributed by atoms with E-state index in [4.69, 9.17) is 4.74 Å². The van der Waals surface area contributed by atoms with E-state index >= 15 is 0 Å². The molecular formula is C19H23N7O6. The van der Waals surface area contributed by atoms with E-state index in [2.05, 4.69) is 15.5 Å². The Hall–Kier alpha value is -4.00. The SMILES string of the molecule is COc1nc(C)c(C)cc1N=C(NO)N1CCN(c2cc([N+](=O)[O-])cc([N+](=O)[O-])c2)CC1. The molecule has 0 bridgehead atoms. The molecule has 1 saturated heterocycles. The van der Waals surface area contributed by atoms with Gasteiger partial charge in [0.05, 0.1) is 28.7 Å². The van der Waals surface area contributed by atoms with Crippen LogP contribution >= 0.6 is 0 Å². The van der Waals surface area contributed by atoms with Crippen molar-refractivity contribution in [3.8, 4) is 5.88 Å². The van der Waals surface area contributed by atoms with Gasteiger partial charge in [-0.3, -0.25) is 25.4 Å². The summed E-state index contributed by atoms with van der Waals surface area (Å²) < 4.78 is 5.29. The lowest BCUT2D eigenvalue weighted by molar-refractivity contribution is -0.394. The number of rotatable bonds is 5. The molecule has 2 N–H and O–H groups in total. The molecule has 1 aliphatic rings. The monoisotopic (exact) mass is 445 g/mol. The van der Waals surface area contributed by atoms with E-state index in [1.54, 1.807) is 11.0 Å². The van der Waals surface area contributed by atoms with Crippen molar-refractivity contribution >= 4 is 28.7 Å². The van der Waals surface area contributed by atoms with E-state index in [0.717, 1.165) is 17.3 Å².